The second-order valence-corrected chi connectivity index (χ2v) is 4.32. The van der Waals surface area contributed by atoms with Crippen molar-refractivity contribution in [1.82, 2.24) is 0 Å². The minimum atomic E-state index is 0.847. The molecule has 2 rings (SSSR count). The molecule has 2 nitrogen and oxygen atoms in total. The summed E-state index contributed by atoms with van der Waals surface area (Å²) in [6.07, 6.45) is 1.87. The van der Waals surface area contributed by atoms with Crippen LogP contribution in [0.4, 0.5) is 5.69 Å². The number of aryl methyl sites for hydroxylation is 2. The third kappa shape index (κ3) is 2.98. The minimum absolute atomic E-state index is 0.847. The highest BCUT2D eigenvalue weighted by molar-refractivity contribution is 5.82. The number of nitrogens with zero attached hydrogens (tertiary/aromatic N) is 1. The Bertz CT molecular complexity index is 573. The van der Waals surface area contributed by atoms with Crippen LogP contribution in [0.3, 0.4) is 0 Å². The highest BCUT2D eigenvalue weighted by atomic mass is 16.5. The van der Waals surface area contributed by atoms with Crippen LogP contribution in [0.15, 0.2) is 47.5 Å². The fourth-order valence-electron chi connectivity index (χ4n) is 1.72. The van der Waals surface area contributed by atoms with Crippen molar-refractivity contribution < 1.29 is 4.74 Å². The Morgan fingerprint density at radius 3 is 2.67 bits per heavy atom. The normalized spacial score (nSPS) is 10.8. The summed E-state index contributed by atoms with van der Waals surface area (Å²) in [6, 6.07) is 14.1. The monoisotopic (exact) mass is 239 g/mol. The van der Waals surface area contributed by atoms with Gasteiger partial charge in [-0.2, -0.15) is 0 Å². The maximum Gasteiger partial charge on any atom is 0.119 e. The zero-order valence-corrected chi connectivity index (χ0v) is 11.0. The molecule has 2 aromatic carbocycles. The van der Waals surface area contributed by atoms with Crippen LogP contribution in [0.25, 0.3) is 0 Å². The standard InChI is InChI=1S/C16H17NO/c1-12-7-8-13(2)16(9-12)17-11-14-5-4-6-15(10-14)18-3/h4-11H,1-3H3. The van der Waals surface area contributed by atoms with Crippen molar-refractivity contribution in [2.45, 2.75) is 13.8 Å². The molecule has 0 fully saturated rings. The van der Waals surface area contributed by atoms with Crippen LogP contribution in [-0.4, -0.2) is 13.3 Å². The highest BCUT2D eigenvalue weighted by Gasteiger charge is 1.96. The van der Waals surface area contributed by atoms with E-state index in [1.54, 1.807) is 7.11 Å². The van der Waals surface area contributed by atoms with Gasteiger partial charge in [-0.15, -0.1) is 0 Å². The fraction of sp³-hybridized carbons (Fsp3) is 0.188. The fourth-order valence-corrected chi connectivity index (χ4v) is 1.72. The molecule has 0 unspecified atom stereocenters. The minimum Gasteiger partial charge on any atom is -0.497 e. The summed E-state index contributed by atoms with van der Waals surface area (Å²) in [5, 5.41) is 0. The summed E-state index contributed by atoms with van der Waals surface area (Å²) in [5.74, 6) is 0.847. The molecule has 18 heavy (non-hydrogen) atoms. The van der Waals surface area contributed by atoms with Gasteiger partial charge in [-0.05, 0) is 48.7 Å². The van der Waals surface area contributed by atoms with Crippen LogP contribution in [0.2, 0.25) is 0 Å². The number of methoxy groups -OCH3 is 1. The van der Waals surface area contributed by atoms with Crippen LogP contribution in [-0.2, 0) is 0 Å². The van der Waals surface area contributed by atoms with E-state index in [0.29, 0.717) is 0 Å². The largest absolute Gasteiger partial charge is 0.497 e. The molecule has 0 spiro atoms. The Kier molecular flexibility index (Phi) is 3.78. The summed E-state index contributed by atoms with van der Waals surface area (Å²) >= 11 is 0. The van der Waals surface area contributed by atoms with Gasteiger partial charge in [-0.1, -0.05) is 24.3 Å². The molecule has 0 aliphatic carbocycles. The zero-order valence-electron chi connectivity index (χ0n) is 11.0. The van der Waals surface area contributed by atoms with Gasteiger partial charge in [-0.3, -0.25) is 4.99 Å². The molecule has 0 saturated heterocycles. The predicted molar refractivity (Wildman–Crippen MR) is 76.2 cm³/mol. The summed E-state index contributed by atoms with van der Waals surface area (Å²) in [5.41, 5.74) is 4.45. The van der Waals surface area contributed by atoms with E-state index in [9.17, 15) is 0 Å². The van der Waals surface area contributed by atoms with Gasteiger partial charge in [0.15, 0.2) is 0 Å². The van der Waals surface area contributed by atoms with Crippen molar-refractivity contribution in [3.05, 3.63) is 59.2 Å². The Morgan fingerprint density at radius 2 is 1.89 bits per heavy atom. The van der Waals surface area contributed by atoms with Crippen molar-refractivity contribution in [3.63, 3.8) is 0 Å². The highest BCUT2D eigenvalue weighted by Crippen LogP contribution is 2.20. The van der Waals surface area contributed by atoms with Crippen LogP contribution in [0.1, 0.15) is 16.7 Å². The lowest BCUT2D eigenvalue weighted by molar-refractivity contribution is 0.415. The number of hydrogen-bond acceptors (Lipinski definition) is 2. The second kappa shape index (κ2) is 5.50. The molecule has 2 heteroatoms. The van der Waals surface area contributed by atoms with E-state index in [1.165, 1.54) is 11.1 Å². The first kappa shape index (κ1) is 12.4. The SMILES string of the molecule is COc1cccc(C=Nc2cc(C)ccc2C)c1. The lowest BCUT2D eigenvalue weighted by Crippen LogP contribution is -1.86. The molecule has 0 aliphatic heterocycles. The number of benzene rings is 2. The van der Waals surface area contributed by atoms with Crippen LogP contribution in [0.5, 0.6) is 5.75 Å². The van der Waals surface area contributed by atoms with E-state index < -0.39 is 0 Å². The molecule has 0 aromatic heterocycles. The number of hydrogen-bond donors (Lipinski definition) is 0. The molecule has 0 N–H and O–H groups in total. The molecule has 0 radical (unpaired) electrons. The van der Waals surface area contributed by atoms with E-state index in [2.05, 4.69) is 37.0 Å². The van der Waals surface area contributed by atoms with E-state index in [1.807, 2.05) is 30.5 Å². The van der Waals surface area contributed by atoms with Gasteiger partial charge in [0.25, 0.3) is 0 Å². The van der Waals surface area contributed by atoms with Gasteiger partial charge in [0.1, 0.15) is 5.75 Å². The molecule has 0 amide bonds. The van der Waals surface area contributed by atoms with Gasteiger partial charge >= 0.3 is 0 Å². The first-order valence-electron chi connectivity index (χ1n) is 5.94. The summed E-state index contributed by atoms with van der Waals surface area (Å²) in [6.45, 7) is 4.14. The molecule has 0 atom stereocenters. The maximum atomic E-state index is 5.19. The first-order chi connectivity index (χ1) is 8.69. The Labute approximate surface area is 108 Å². The molecule has 92 valence electrons. The molecular formula is C16H17NO. The average Bonchev–Trinajstić information content (AvgIpc) is 2.40. The van der Waals surface area contributed by atoms with E-state index in [4.69, 9.17) is 4.74 Å². The van der Waals surface area contributed by atoms with Crippen molar-refractivity contribution in [2.24, 2.45) is 4.99 Å². The predicted octanol–water partition coefficient (Wildman–Crippen LogP) is 4.06. The van der Waals surface area contributed by atoms with Crippen molar-refractivity contribution in [2.75, 3.05) is 7.11 Å². The summed E-state index contributed by atoms with van der Waals surface area (Å²) in [4.78, 5) is 4.53. The Balaban J connectivity index is 2.26. The van der Waals surface area contributed by atoms with Crippen LogP contribution < -0.4 is 4.74 Å². The van der Waals surface area contributed by atoms with Crippen molar-refractivity contribution >= 4 is 11.9 Å². The molecule has 0 saturated carbocycles. The molecular weight excluding hydrogens is 222 g/mol. The lowest BCUT2D eigenvalue weighted by Gasteiger charge is -2.02. The molecule has 0 heterocycles. The Morgan fingerprint density at radius 1 is 1.06 bits per heavy atom. The zero-order chi connectivity index (χ0) is 13.0. The third-order valence-corrected chi connectivity index (χ3v) is 2.81. The molecule has 0 aliphatic rings. The van der Waals surface area contributed by atoms with E-state index in [0.717, 1.165) is 17.0 Å². The maximum absolute atomic E-state index is 5.19. The third-order valence-electron chi connectivity index (χ3n) is 2.81. The number of aliphatic imine (C=N–C) groups is 1. The first-order valence-corrected chi connectivity index (χ1v) is 5.94. The summed E-state index contributed by atoms with van der Waals surface area (Å²) in [7, 11) is 1.67. The van der Waals surface area contributed by atoms with Crippen molar-refractivity contribution in [3.8, 4) is 5.75 Å². The number of ether oxygens (including phenoxy) is 1. The quantitative estimate of drug-likeness (QED) is 0.740. The number of rotatable bonds is 3. The van der Waals surface area contributed by atoms with Crippen molar-refractivity contribution in [1.29, 1.82) is 0 Å². The van der Waals surface area contributed by atoms with Crippen LogP contribution in [0, 0.1) is 13.8 Å². The average molecular weight is 239 g/mol. The summed E-state index contributed by atoms with van der Waals surface area (Å²) < 4.78 is 5.19. The van der Waals surface area contributed by atoms with Gasteiger partial charge in [0.05, 0.1) is 12.8 Å². The second-order valence-electron chi connectivity index (χ2n) is 4.32. The van der Waals surface area contributed by atoms with E-state index in [-0.39, 0.29) is 0 Å². The lowest BCUT2D eigenvalue weighted by atomic mass is 10.1. The van der Waals surface area contributed by atoms with Gasteiger partial charge in [-0.25, -0.2) is 0 Å². The van der Waals surface area contributed by atoms with Gasteiger partial charge in [0.2, 0.25) is 0 Å². The molecule has 2 aromatic rings. The molecule has 0 bridgehead atoms. The van der Waals surface area contributed by atoms with Gasteiger partial charge in [0, 0.05) is 6.21 Å². The topological polar surface area (TPSA) is 21.6 Å². The Hall–Kier alpha value is -2.09. The smallest absolute Gasteiger partial charge is 0.119 e. The van der Waals surface area contributed by atoms with Crippen LogP contribution >= 0.6 is 0 Å². The van der Waals surface area contributed by atoms with E-state index >= 15 is 0 Å². The van der Waals surface area contributed by atoms with Gasteiger partial charge < -0.3 is 4.74 Å².